The average molecular weight is 987 g/mol. The van der Waals surface area contributed by atoms with E-state index in [9.17, 15) is 24.6 Å². The Labute approximate surface area is 385 Å². The standard InChI is InChI=1S/C24H26BrN3O4.C24H28BrN3O3/c1-24(2,3)32-23(31)28-10-8-27(9-11-28)21-18-7-5-4-6-17(18)19(22(29)30)13-15-12-16(25)14-26-20(15)21;1-24(2,3)31-23(30)28-10-8-27(9-11-28)22-20-7-5-4-6-19(20)17(15-29)12-16-13-18(25)14-26-21(16)22/h4-7,12-14,21H,8-11H2,1-3H3,(H,29,30);4-7,12-14,22,29H,8-11,15H2,1-3H3. The van der Waals surface area contributed by atoms with Crippen molar-refractivity contribution in [2.45, 2.75) is 64.8 Å². The van der Waals surface area contributed by atoms with Crippen molar-refractivity contribution in [2.75, 3.05) is 59.0 Å². The molecular weight excluding hydrogens is 932 g/mol. The number of pyridine rings is 2. The molecule has 15 heteroatoms. The van der Waals surface area contributed by atoms with Gasteiger partial charge in [0, 0.05) is 73.7 Å². The highest BCUT2D eigenvalue weighted by Gasteiger charge is 2.37. The van der Waals surface area contributed by atoms with Crippen molar-refractivity contribution in [1.82, 2.24) is 29.6 Å². The predicted molar refractivity (Wildman–Crippen MR) is 250 cm³/mol. The lowest BCUT2D eigenvalue weighted by atomic mass is 9.93. The third-order valence-corrected chi connectivity index (χ3v) is 12.1. The lowest BCUT2D eigenvalue weighted by Crippen LogP contribution is -2.51. The van der Waals surface area contributed by atoms with E-state index in [1.165, 1.54) is 0 Å². The molecule has 2 unspecified atom stereocenters. The number of rotatable bonds is 4. The third-order valence-electron chi connectivity index (χ3n) is 11.2. The Hall–Kier alpha value is -4.93. The predicted octanol–water partition coefficient (Wildman–Crippen LogP) is 8.76. The number of hydrogen-bond acceptors (Lipinski definition) is 10. The molecule has 332 valence electrons. The molecule has 0 bridgehead atoms. The third kappa shape index (κ3) is 10.7. The largest absolute Gasteiger partial charge is 0.478 e. The summed E-state index contributed by atoms with van der Waals surface area (Å²) < 4.78 is 12.8. The van der Waals surface area contributed by atoms with E-state index in [4.69, 9.17) is 19.4 Å². The van der Waals surface area contributed by atoms with Crippen LogP contribution in [-0.2, 0) is 14.3 Å². The van der Waals surface area contributed by atoms with Crippen LogP contribution >= 0.6 is 31.9 Å². The van der Waals surface area contributed by atoms with Gasteiger partial charge < -0.3 is 29.5 Å². The van der Waals surface area contributed by atoms with Gasteiger partial charge in [0.15, 0.2) is 0 Å². The maximum Gasteiger partial charge on any atom is 0.410 e. The first-order valence-electron chi connectivity index (χ1n) is 21.1. The van der Waals surface area contributed by atoms with Gasteiger partial charge in [-0.15, -0.1) is 0 Å². The summed E-state index contributed by atoms with van der Waals surface area (Å²) in [7, 11) is 0. The van der Waals surface area contributed by atoms with Crippen LogP contribution < -0.4 is 0 Å². The number of benzene rings is 2. The Morgan fingerprint density at radius 1 is 0.651 bits per heavy atom. The zero-order valence-corrected chi connectivity index (χ0v) is 39.6. The molecule has 0 spiro atoms. The summed E-state index contributed by atoms with van der Waals surface area (Å²) in [4.78, 5) is 54.7. The molecule has 2 amide bonds. The van der Waals surface area contributed by atoms with Crippen LogP contribution in [0, 0.1) is 0 Å². The van der Waals surface area contributed by atoms with Crippen molar-refractivity contribution in [3.05, 3.63) is 127 Å². The van der Waals surface area contributed by atoms with Gasteiger partial charge in [-0.3, -0.25) is 19.8 Å². The van der Waals surface area contributed by atoms with Crippen LogP contribution in [0.2, 0.25) is 0 Å². The van der Waals surface area contributed by atoms with Crippen LogP contribution in [-0.4, -0.2) is 128 Å². The van der Waals surface area contributed by atoms with Gasteiger partial charge in [-0.2, -0.15) is 0 Å². The lowest BCUT2D eigenvalue weighted by Gasteiger charge is -2.40. The van der Waals surface area contributed by atoms with Crippen LogP contribution in [0.5, 0.6) is 0 Å². The molecule has 4 aromatic rings. The lowest BCUT2D eigenvalue weighted by molar-refractivity contribution is -0.130. The van der Waals surface area contributed by atoms with Crippen molar-refractivity contribution in [2.24, 2.45) is 0 Å². The first-order valence-corrected chi connectivity index (χ1v) is 22.7. The SMILES string of the molecule is CC(C)(C)OC(=O)N1CCN(C2c3ccccc3C(C(=O)O)=Cc3cc(Br)cnc32)CC1.CC(C)(C)OC(=O)N1CCN(C2c3ccccc3C(CO)=Cc3cc(Br)cnc32)CC1. The van der Waals surface area contributed by atoms with Gasteiger partial charge in [0.2, 0.25) is 0 Å². The number of fused-ring (bicyclic) bond motifs is 4. The van der Waals surface area contributed by atoms with Crippen molar-refractivity contribution < 1.29 is 34.1 Å². The maximum absolute atomic E-state index is 12.5. The number of halogens is 2. The van der Waals surface area contributed by atoms with Gasteiger partial charge in [0.05, 0.1) is 35.7 Å². The molecule has 2 fully saturated rings. The highest BCUT2D eigenvalue weighted by atomic mass is 79.9. The summed E-state index contributed by atoms with van der Waals surface area (Å²) in [6, 6.07) is 19.5. The summed E-state index contributed by atoms with van der Waals surface area (Å²) >= 11 is 6.99. The van der Waals surface area contributed by atoms with Crippen LogP contribution in [0.25, 0.3) is 23.3 Å². The molecule has 0 saturated carbocycles. The molecule has 2 aromatic heterocycles. The van der Waals surface area contributed by atoms with Crippen LogP contribution in [0.3, 0.4) is 0 Å². The van der Waals surface area contributed by atoms with E-state index >= 15 is 0 Å². The highest BCUT2D eigenvalue weighted by Crippen LogP contribution is 2.42. The van der Waals surface area contributed by atoms with Crippen molar-refractivity contribution in [1.29, 1.82) is 0 Å². The van der Waals surface area contributed by atoms with Crippen molar-refractivity contribution in [3.63, 3.8) is 0 Å². The average Bonchev–Trinajstić information content (AvgIpc) is 3.47. The Balaban J connectivity index is 0.000000189. The maximum atomic E-state index is 12.5. The summed E-state index contributed by atoms with van der Waals surface area (Å²) in [5, 5.41) is 20.0. The van der Waals surface area contributed by atoms with Gasteiger partial charge >= 0.3 is 18.2 Å². The first kappa shape index (κ1) is 46.1. The minimum Gasteiger partial charge on any atom is -0.478 e. The number of nitrogens with zero attached hydrogens (tertiary/aromatic N) is 6. The van der Waals surface area contributed by atoms with E-state index in [0.29, 0.717) is 57.9 Å². The van der Waals surface area contributed by atoms with E-state index in [0.717, 1.165) is 53.7 Å². The monoisotopic (exact) mass is 984 g/mol. The van der Waals surface area contributed by atoms with Crippen molar-refractivity contribution in [3.8, 4) is 0 Å². The number of amides is 2. The first-order chi connectivity index (χ1) is 29.9. The molecule has 0 radical (unpaired) electrons. The van der Waals surface area contributed by atoms with Crippen molar-refractivity contribution >= 4 is 73.3 Å². The van der Waals surface area contributed by atoms with Crippen LogP contribution in [0.15, 0.2) is 82.0 Å². The topological polar surface area (TPSA) is 149 Å². The second-order valence-electron chi connectivity index (χ2n) is 17.9. The number of carboxylic acids is 1. The minimum atomic E-state index is -0.973. The Kier molecular flexibility index (Phi) is 13.9. The van der Waals surface area contributed by atoms with Gasteiger partial charge in [-0.25, -0.2) is 14.4 Å². The summed E-state index contributed by atoms with van der Waals surface area (Å²) in [6.07, 6.45) is 6.72. The van der Waals surface area contributed by atoms with E-state index in [2.05, 4.69) is 53.8 Å². The highest BCUT2D eigenvalue weighted by molar-refractivity contribution is 9.10. The number of aliphatic hydroxyl groups is 1. The number of ether oxygens (including phenoxy) is 2. The molecule has 2 N–H and O–H groups in total. The van der Waals surface area contributed by atoms with Crippen LogP contribution in [0.4, 0.5) is 9.59 Å². The summed E-state index contributed by atoms with van der Waals surface area (Å²) in [6.45, 7) is 16.1. The van der Waals surface area contributed by atoms with Gasteiger partial charge in [-0.1, -0.05) is 48.5 Å². The fraction of sp³-hybridized carbons (Fsp3) is 0.396. The Morgan fingerprint density at radius 2 is 1.06 bits per heavy atom. The number of aromatic nitrogens is 2. The molecular formula is C48H54Br2N6O7. The fourth-order valence-corrected chi connectivity index (χ4v) is 9.14. The van der Waals surface area contributed by atoms with E-state index in [1.807, 2.05) is 102 Å². The van der Waals surface area contributed by atoms with E-state index < -0.39 is 17.2 Å². The van der Waals surface area contributed by atoms with Gasteiger partial charge in [0.25, 0.3) is 0 Å². The molecule has 2 saturated heterocycles. The van der Waals surface area contributed by atoms with E-state index in [-0.39, 0.29) is 36.5 Å². The van der Waals surface area contributed by atoms with Gasteiger partial charge in [-0.05, 0) is 137 Å². The number of carbonyl (C=O) groups excluding carboxylic acids is 2. The molecule has 13 nitrogen and oxygen atoms in total. The fourth-order valence-electron chi connectivity index (χ4n) is 8.45. The number of carboxylic acid groups (broad SMARTS) is 1. The second kappa shape index (κ2) is 19.0. The quantitative estimate of drug-likeness (QED) is 0.202. The molecule has 4 aliphatic rings. The molecule has 8 rings (SSSR count). The minimum absolute atomic E-state index is 0.0396. The second-order valence-corrected chi connectivity index (χ2v) is 19.8. The summed E-state index contributed by atoms with van der Waals surface area (Å²) in [5.41, 5.74) is 7.38. The molecule has 4 heterocycles. The van der Waals surface area contributed by atoms with Gasteiger partial charge in [0.1, 0.15) is 11.2 Å². The van der Waals surface area contributed by atoms with Crippen LogP contribution in [0.1, 0.15) is 98.4 Å². The molecule has 2 aliphatic heterocycles. The number of piperazine rings is 2. The molecule has 2 aliphatic carbocycles. The number of carbonyl (C=O) groups is 3. The Bertz CT molecular complexity index is 2430. The normalized spacial score (nSPS) is 19.0. The molecule has 63 heavy (non-hydrogen) atoms. The van der Waals surface area contributed by atoms with E-state index in [1.54, 1.807) is 22.1 Å². The molecule has 2 aromatic carbocycles. The number of hydrogen-bond donors (Lipinski definition) is 2. The zero-order valence-electron chi connectivity index (χ0n) is 36.5. The number of aliphatic carboxylic acids is 1. The zero-order chi connectivity index (χ0) is 45.2. The molecule has 2 atom stereocenters. The Morgan fingerprint density at radius 3 is 1.49 bits per heavy atom. The summed E-state index contributed by atoms with van der Waals surface area (Å²) in [5.74, 6) is -0.973. The smallest absolute Gasteiger partial charge is 0.410 e. The number of aliphatic hydroxyl groups excluding tert-OH is 1.